The molecule has 0 radical (unpaired) electrons. The first-order valence-corrected chi connectivity index (χ1v) is 9.07. The van der Waals surface area contributed by atoms with Crippen LogP contribution in [0.2, 0.25) is 0 Å². The molecular weight excluding hydrogens is 370 g/mol. The molecule has 2 heterocycles. The van der Waals surface area contributed by atoms with Crippen LogP contribution in [0.5, 0.6) is 11.5 Å². The molecule has 0 saturated carbocycles. The summed E-state index contributed by atoms with van der Waals surface area (Å²) in [6.07, 6.45) is 3.52. The molecular formula is C21H21N5O3. The van der Waals surface area contributed by atoms with E-state index in [2.05, 4.69) is 15.3 Å². The van der Waals surface area contributed by atoms with Crippen LogP contribution in [0.25, 0.3) is 16.8 Å². The summed E-state index contributed by atoms with van der Waals surface area (Å²) in [7, 11) is 3.22. The Bertz CT molecular complexity index is 1190. The maximum absolute atomic E-state index is 13.0. The van der Waals surface area contributed by atoms with Crippen molar-refractivity contribution in [3.8, 4) is 28.3 Å². The molecule has 0 atom stereocenters. The maximum Gasteiger partial charge on any atom is 0.350 e. The number of aromatic nitrogens is 5. The molecule has 4 aromatic rings. The molecule has 0 saturated heterocycles. The number of nitrogens with zero attached hydrogens (tertiary/aromatic N) is 4. The van der Waals surface area contributed by atoms with E-state index in [-0.39, 0.29) is 5.69 Å². The lowest BCUT2D eigenvalue weighted by molar-refractivity contribution is 0.414. The molecule has 1 N–H and O–H groups in total. The molecule has 29 heavy (non-hydrogen) atoms. The first kappa shape index (κ1) is 18.5. The number of rotatable bonds is 6. The first-order valence-electron chi connectivity index (χ1n) is 9.07. The van der Waals surface area contributed by atoms with Gasteiger partial charge in [0, 0.05) is 23.4 Å². The standard InChI is InChI=1S/C21H21N5O3/c1-14-24-25(13-15-5-4-6-18(9-15)28-2)21(27)26(14)17-7-8-19(20(10-17)29-3)16-11-22-23-12-16/h4-12H,13H2,1-3H3,(H,22,23). The lowest BCUT2D eigenvalue weighted by atomic mass is 10.1. The molecule has 4 rings (SSSR count). The van der Waals surface area contributed by atoms with Gasteiger partial charge < -0.3 is 9.47 Å². The minimum absolute atomic E-state index is 0.219. The highest BCUT2D eigenvalue weighted by atomic mass is 16.5. The van der Waals surface area contributed by atoms with Crippen LogP contribution in [0.1, 0.15) is 11.4 Å². The largest absolute Gasteiger partial charge is 0.497 e. The lowest BCUT2D eigenvalue weighted by Gasteiger charge is -2.10. The topological polar surface area (TPSA) is 87.0 Å². The summed E-state index contributed by atoms with van der Waals surface area (Å²) in [4.78, 5) is 13.0. The minimum atomic E-state index is -0.219. The fraction of sp³-hybridized carbons (Fsp3) is 0.190. The van der Waals surface area contributed by atoms with Crippen LogP contribution in [0.15, 0.2) is 59.7 Å². The Hall–Kier alpha value is -3.81. The smallest absolute Gasteiger partial charge is 0.350 e. The molecule has 0 aliphatic heterocycles. The van der Waals surface area contributed by atoms with Crippen molar-refractivity contribution in [2.45, 2.75) is 13.5 Å². The van der Waals surface area contributed by atoms with Crippen LogP contribution in [-0.2, 0) is 6.54 Å². The monoisotopic (exact) mass is 391 g/mol. The third-order valence-corrected chi connectivity index (χ3v) is 4.72. The van der Waals surface area contributed by atoms with Crippen LogP contribution >= 0.6 is 0 Å². The van der Waals surface area contributed by atoms with E-state index in [0.717, 1.165) is 22.4 Å². The number of hydrogen-bond acceptors (Lipinski definition) is 5. The predicted octanol–water partition coefficient (Wildman–Crippen LogP) is 2.80. The Morgan fingerprint density at radius 3 is 2.69 bits per heavy atom. The van der Waals surface area contributed by atoms with E-state index in [1.807, 2.05) is 42.5 Å². The zero-order valence-electron chi connectivity index (χ0n) is 16.4. The second kappa shape index (κ2) is 7.67. The van der Waals surface area contributed by atoms with Crippen molar-refractivity contribution >= 4 is 0 Å². The Labute approximate surface area is 167 Å². The summed E-state index contributed by atoms with van der Waals surface area (Å²) in [5, 5.41) is 11.2. The van der Waals surface area contributed by atoms with Gasteiger partial charge in [0.05, 0.1) is 32.6 Å². The lowest BCUT2D eigenvalue weighted by Crippen LogP contribution is -2.24. The SMILES string of the molecule is COc1cccc(Cn2nc(C)n(-c3ccc(-c4cn[nH]c4)c(OC)c3)c2=O)c1. The summed E-state index contributed by atoms with van der Waals surface area (Å²) in [5.41, 5.74) is 3.20. The molecule has 0 fully saturated rings. The number of aromatic amines is 1. The zero-order valence-corrected chi connectivity index (χ0v) is 16.4. The van der Waals surface area contributed by atoms with E-state index in [0.29, 0.717) is 23.8 Å². The van der Waals surface area contributed by atoms with Crippen molar-refractivity contribution in [2.75, 3.05) is 14.2 Å². The van der Waals surface area contributed by atoms with Gasteiger partial charge in [-0.25, -0.2) is 14.0 Å². The highest BCUT2D eigenvalue weighted by Crippen LogP contribution is 2.31. The van der Waals surface area contributed by atoms with E-state index in [4.69, 9.17) is 9.47 Å². The second-order valence-electron chi connectivity index (χ2n) is 6.55. The maximum atomic E-state index is 13.0. The van der Waals surface area contributed by atoms with Gasteiger partial charge in [-0.3, -0.25) is 5.10 Å². The Morgan fingerprint density at radius 2 is 1.97 bits per heavy atom. The minimum Gasteiger partial charge on any atom is -0.497 e. The number of methoxy groups -OCH3 is 2. The van der Waals surface area contributed by atoms with Crippen LogP contribution in [-0.4, -0.2) is 38.8 Å². The fourth-order valence-electron chi connectivity index (χ4n) is 3.32. The second-order valence-corrected chi connectivity index (χ2v) is 6.55. The molecule has 2 aromatic heterocycles. The van der Waals surface area contributed by atoms with E-state index in [1.54, 1.807) is 38.1 Å². The summed E-state index contributed by atoms with van der Waals surface area (Å²) in [5.74, 6) is 1.98. The van der Waals surface area contributed by atoms with Gasteiger partial charge in [0.2, 0.25) is 0 Å². The van der Waals surface area contributed by atoms with Crippen molar-refractivity contribution in [1.82, 2.24) is 24.5 Å². The van der Waals surface area contributed by atoms with Crippen LogP contribution in [0.4, 0.5) is 0 Å². The van der Waals surface area contributed by atoms with E-state index in [1.165, 1.54) is 4.68 Å². The highest BCUT2D eigenvalue weighted by Gasteiger charge is 2.15. The van der Waals surface area contributed by atoms with Crippen LogP contribution in [0.3, 0.4) is 0 Å². The first-order chi connectivity index (χ1) is 14.1. The molecule has 0 unspecified atom stereocenters. The Morgan fingerprint density at radius 1 is 1.10 bits per heavy atom. The quantitative estimate of drug-likeness (QED) is 0.546. The molecule has 0 aliphatic carbocycles. The summed E-state index contributed by atoms with van der Waals surface area (Å²) >= 11 is 0. The highest BCUT2D eigenvalue weighted by molar-refractivity contribution is 5.71. The van der Waals surface area contributed by atoms with E-state index < -0.39 is 0 Å². The average Bonchev–Trinajstić information content (AvgIpc) is 3.36. The molecule has 0 aliphatic rings. The average molecular weight is 391 g/mol. The number of nitrogens with one attached hydrogen (secondary N) is 1. The van der Waals surface area contributed by atoms with Crippen LogP contribution in [0, 0.1) is 6.92 Å². The number of hydrogen-bond donors (Lipinski definition) is 1. The van der Waals surface area contributed by atoms with Crippen LogP contribution < -0.4 is 15.2 Å². The van der Waals surface area contributed by atoms with Gasteiger partial charge in [-0.05, 0) is 36.8 Å². The fourth-order valence-corrected chi connectivity index (χ4v) is 3.32. The summed E-state index contributed by atoms with van der Waals surface area (Å²) in [6.45, 7) is 2.16. The van der Waals surface area contributed by atoms with Gasteiger partial charge in [0.1, 0.15) is 17.3 Å². The Kier molecular flexibility index (Phi) is 4.90. The molecule has 0 spiro atoms. The van der Waals surface area contributed by atoms with Crippen molar-refractivity contribution < 1.29 is 9.47 Å². The number of H-pyrrole nitrogens is 1. The van der Waals surface area contributed by atoms with Crippen molar-refractivity contribution in [2.24, 2.45) is 0 Å². The normalized spacial score (nSPS) is 10.9. The third-order valence-electron chi connectivity index (χ3n) is 4.72. The molecule has 0 bridgehead atoms. The Balaban J connectivity index is 1.72. The molecule has 8 nitrogen and oxygen atoms in total. The molecule has 148 valence electrons. The van der Waals surface area contributed by atoms with E-state index >= 15 is 0 Å². The van der Waals surface area contributed by atoms with Crippen molar-refractivity contribution in [3.63, 3.8) is 0 Å². The molecule has 2 aromatic carbocycles. The van der Waals surface area contributed by atoms with Gasteiger partial charge >= 0.3 is 5.69 Å². The van der Waals surface area contributed by atoms with Crippen molar-refractivity contribution in [3.05, 3.63) is 76.7 Å². The number of benzene rings is 2. The van der Waals surface area contributed by atoms with E-state index in [9.17, 15) is 4.79 Å². The number of aryl methyl sites for hydroxylation is 1. The summed E-state index contributed by atoms with van der Waals surface area (Å²) in [6, 6.07) is 13.2. The van der Waals surface area contributed by atoms with Gasteiger partial charge in [0.25, 0.3) is 0 Å². The van der Waals surface area contributed by atoms with Crippen molar-refractivity contribution in [1.29, 1.82) is 0 Å². The third kappa shape index (κ3) is 3.52. The summed E-state index contributed by atoms with van der Waals surface area (Å²) < 4.78 is 13.8. The predicted molar refractivity (Wildman–Crippen MR) is 109 cm³/mol. The molecule has 8 heteroatoms. The van der Waals surface area contributed by atoms with Gasteiger partial charge in [-0.15, -0.1) is 0 Å². The van der Waals surface area contributed by atoms with Gasteiger partial charge in [-0.1, -0.05) is 12.1 Å². The van der Waals surface area contributed by atoms with Gasteiger partial charge in [0.15, 0.2) is 0 Å². The number of ether oxygens (including phenoxy) is 2. The molecule has 0 amide bonds. The zero-order chi connectivity index (χ0) is 20.4. The van der Waals surface area contributed by atoms with Gasteiger partial charge in [-0.2, -0.15) is 10.2 Å².